The zero-order valence-electron chi connectivity index (χ0n) is 9.33. The lowest BCUT2D eigenvalue weighted by Gasteiger charge is -2.19. The van der Waals surface area contributed by atoms with Gasteiger partial charge >= 0.3 is 0 Å². The third kappa shape index (κ3) is 2.68. The maximum absolute atomic E-state index is 10.9. The van der Waals surface area contributed by atoms with Gasteiger partial charge in [-0.25, -0.2) is 4.79 Å². The van der Waals surface area contributed by atoms with Gasteiger partial charge in [0.05, 0.1) is 6.61 Å². The van der Waals surface area contributed by atoms with Crippen molar-refractivity contribution in [3.63, 3.8) is 0 Å². The molecule has 1 aliphatic rings. The van der Waals surface area contributed by atoms with Gasteiger partial charge in [0.25, 0.3) is 0 Å². The Hall–Kier alpha value is -1.74. The fraction of sp³-hybridized carbons (Fsp3) is 0.308. The standard InChI is InChI=1S/C13H13NO3/c15-8-12-6-7-14(13(12)9-16)17-10-11-4-2-1-3-5-11/h1-5,9,13H,6-7,10H2. The molecule has 0 spiro atoms. The van der Waals surface area contributed by atoms with E-state index in [0.29, 0.717) is 25.1 Å². The summed E-state index contributed by atoms with van der Waals surface area (Å²) in [7, 11) is 0. The smallest absolute Gasteiger partial charge is 0.144 e. The molecule has 1 fully saturated rings. The molecule has 88 valence electrons. The number of benzene rings is 1. The molecule has 1 saturated heterocycles. The van der Waals surface area contributed by atoms with Gasteiger partial charge in [0.2, 0.25) is 0 Å². The molecular weight excluding hydrogens is 218 g/mol. The number of aldehydes is 1. The molecule has 0 bridgehead atoms. The van der Waals surface area contributed by atoms with Crippen LogP contribution in [0.15, 0.2) is 35.9 Å². The average Bonchev–Trinajstić information content (AvgIpc) is 2.79. The third-order valence-corrected chi connectivity index (χ3v) is 2.77. The average molecular weight is 231 g/mol. The van der Waals surface area contributed by atoms with Crippen molar-refractivity contribution in [2.24, 2.45) is 0 Å². The molecule has 0 saturated carbocycles. The summed E-state index contributed by atoms with van der Waals surface area (Å²) in [6, 6.07) is 9.11. The first-order valence-corrected chi connectivity index (χ1v) is 5.48. The van der Waals surface area contributed by atoms with Crippen LogP contribution in [0.5, 0.6) is 0 Å². The molecule has 0 N–H and O–H groups in total. The van der Waals surface area contributed by atoms with Crippen LogP contribution in [-0.2, 0) is 21.0 Å². The maximum atomic E-state index is 10.9. The molecule has 0 amide bonds. The van der Waals surface area contributed by atoms with Crippen LogP contribution in [0.3, 0.4) is 0 Å². The van der Waals surface area contributed by atoms with Gasteiger partial charge in [-0.05, 0) is 12.0 Å². The van der Waals surface area contributed by atoms with E-state index >= 15 is 0 Å². The molecule has 17 heavy (non-hydrogen) atoms. The van der Waals surface area contributed by atoms with E-state index in [4.69, 9.17) is 4.84 Å². The highest BCUT2D eigenvalue weighted by Gasteiger charge is 2.30. The molecule has 0 aromatic heterocycles. The Balaban J connectivity index is 1.96. The number of hydroxylamine groups is 2. The lowest BCUT2D eigenvalue weighted by Crippen LogP contribution is -2.31. The summed E-state index contributed by atoms with van der Waals surface area (Å²) in [5.41, 5.74) is 1.49. The van der Waals surface area contributed by atoms with Gasteiger partial charge in [-0.2, -0.15) is 5.06 Å². The van der Waals surface area contributed by atoms with Crippen LogP contribution in [0.25, 0.3) is 0 Å². The molecule has 1 aromatic carbocycles. The van der Waals surface area contributed by atoms with Gasteiger partial charge < -0.3 is 4.79 Å². The van der Waals surface area contributed by atoms with Crippen LogP contribution in [0.1, 0.15) is 12.0 Å². The Labute approximate surface area is 99.4 Å². The largest absolute Gasteiger partial charge is 0.301 e. The van der Waals surface area contributed by atoms with Gasteiger partial charge in [0.15, 0.2) is 0 Å². The molecule has 4 heteroatoms. The van der Waals surface area contributed by atoms with E-state index in [2.05, 4.69) is 0 Å². The fourth-order valence-electron chi connectivity index (χ4n) is 1.83. The van der Waals surface area contributed by atoms with E-state index in [0.717, 1.165) is 11.8 Å². The van der Waals surface area contributed by atoms with Crippen LogP contribution in [0.2, 0.25) is 0 Å². The van der Waals surface area contributed by atoms with Crippen molar-refractivity contribution >= 4 is 12.2 Å². The first-order valence-electron chi connectivity index (χ1n) is 5.48. The molecule has 1 aromatic rings. The van der Waals surface area contributed by atoms with Crippen LogP contribution in [0.4, 0.5) is 0 Å². The van der Waals surface area contributed by atoms with Crippen molar-refractivity contribution in [3.8, 4) is 0 Å². The predicted octanol–water partition coefficient (Wildman–Crippen LogP) is 1.15. The third-order valence-electron chi connectivity index (χ3n) is 2.77. The molecule has 0 aliphatic carbocycles. The number of rotatable bonds is 4. The number of nitrogens with zero attached hydrogens (tertiary/aromatic N) is 1. The molecule has 1 unspecified atom stereocenters. The lowest BCUT2D eigenvalue weighted by atomic mass is 10.1. The Morgan fingerprint density at radius 3 is 2.82 bits per heavy atom. The Bertz CT molecular complexity index is 437. The highest BCUT2D eigenvalue weighted by molar-refractivity contribution is 5.72. The van der Waals surface area contributed by atoms with E-state index in [-0.39, 0.29) is 0 Å². The number of hydrogen-bond donors (Lipinski definition) is 0. The first-order chi connectivity index (χ1) is 8.35. The molecule has 4 nitrogen and oxygen atoms in total. The van der Waals surface area contributed by atoms with Crippen molar-refractivity contribution in [1.82, 2.24) is 5.06 Å². The van der Waals surface area contributed by atoms with Gasteiger partial charge in [-0.1, -0.05) is 30.3 Å². The minimum absolute atomic E-state index is 0.400. The van der Waals surface area contributed by atoms with Crippen LogP contribution < -0.4 is 0 Å². The summed E-state index contributed by atoms with van der Waals surface area (Å²) in [6.45, 7) is 0.956. The minimum atomic E-state index is -0.573. The topological polar surface area (TPSA) is 46.6 Å². The van der Waals surface area contributed by atoms with Crippen molar-refractivity contribution in [2.45, 2.75) is 19.1 Å². The van der Waals surface area contributed by atoms with Crippen LogP contribution >= 0.6 is 0 Å². The monoisotopic (exact) mass is 231 g/mol. The second-order valence-electron chi connectivity index (χ2n) is 3.86. The second kappa shape index (κ2) is 5.55. The van der Waals surface area contributed by atoms with Crippen molar-refractivity contribution < 1.29 is 14.4 Å². The summed E-state index contributed by atoms with van der Waals surface area (Å²) >= 11 is 0. The van der Waals surface area contributed by atoms with E-state index in [1.54, 1.807) is 11.0 Å². The summed E-state index contributed by atoms with van der Waals surface area (Å²) < 4.78 is 0. The molecule has 1 aliphatic heterocycles. The Morgan fingerprint density at radius 2 is 2.18 bits per heavy atom. The maximum Gasteiger partial charge on any atom is 0.144 e. The van der Waals surface area contributed by atoms with Crippen LogP contribution in [-0.4, -0.2) is 29.9 Å². The van der Waals surface area contributed by atoms with E-state index < -0.39 is 6.04 Å². The fourth-order valence-corrected chi connectivity index (χ4v) is 1.83. The zero-order chi connectivity index (χ0) is 12.1. The predicted molar refractivity (Wildman–Crippen MR) is 61.6 cm³/mol. The summed E-state index contributed by atoms with van der Waals surface area (Å²) in [4.78, 5) is 27.0. The van der Waals surface area contributed by atoms with E-state index in [1.165, 1.54) is 0 Å². The van der Waals surface area contributed by atoms with Gasteiger partial charge in [0, 0.05) is 12.1 Å². The zero-order valence-corrected chi connectivity index (χ0v) is 9.33. The molecule has 1 atom stereocenters. The van der Waals surface area contributed by atoms with Gasteiger partial charge in [-0.3, -0.25) is 4.84 Å². The number of carbonyl (C=O) groups excluding carboxylic acids is 2. The van der Waals surface area contributed by atoms with Crippen molar-refractivity contribution in [2.75, 3.05) is 6.54 Å². The van der Waals surface area contributed by atoms with Gasteiger partial charge in [-0.15, -0.1) is 0 Å². The lowest BCUT2D eigenvalue weighted by molar-refractivity contribution is -0.175. The molecule has 2 rings (SSSR count). The van der Waals surface area contributed by atoms with Crippen LogP contribution in [0, 0.1) is 0 Å². The van der Waals surface area contributed by atoms with E-state index in [9.17, 15) is 9.59 Å². The highest BCUT2D eigenvalue weighted by atomic mass is 16.7. The minimum Gasteiger partial charge on any atom is -0.301 e. The second-order valence-corrected chi connectivity index (χ2v) is 3.86. The summed E-state index contributed by atoms with van der Waals surface area (Å²) in [5, 5.41) is 1.54. The molecule has 0 radical (unpaired) electrons. The van der Waals surface area contributed by atoms with Crippen molar-refractivity contribution in [3.05, 3.63) is 41.5 Å². The highest BCUT2D eigenvalue weighted by Crippen LogP contribution is 2.20. The SMILES string of the molecule is O=C=C1CCN(OCc2ccccc2)C1C=O. The number of hydrogen-bond acceptors (Lipinski definition) is 4. The summed E-state index contributed by atoms with van der Waals surface area (Å²) in [6.07, 6.45) is 1.26. The van der Waals surface area contributed by atoms with Crippen molar-refractivity contribution in [1.29, 1.82) is 0 Å². The van der Waals surface area contributed by atoms with E-state index in [1.807, 2.05) is 30.3 Å². The molecule has 1 heterocycles. The Morgan fingerprint density at radius 1 is 1.41 bits per heavy atom. The molecular formula is C13H13NO3. The summed E-state index contributed by atoms with van der Waals surface area (Å²) in [5.74, 6) is 1.81. The Kier molecular flexibility index (Phi) is 3.83. The first kappa shape index (κ1) is 11.7. The normalized spacial score (nSPS) is 20.2. The van der Waals surface area contributed by atoms with Gasteiger partial charge in [0.1, 0.15) is 18.3 Å². The number of carbonyl (C=O) groups is 1. The quantitative estimate of drug-likeness (QED) is 0.576.